The second kappa shape index (κ2) is 5.17. The van der Waals surface area contributed by atoms with E-state index in [2.05, 4.69) is 6.92 Å². The second-order valence-electron chi connectivity index (χ2n) is 3.20. The van der Waals surface area contributed by atoms with Crippen molar-refractivity contribution in [3.05, 3.63) is 0 Å². The van der Waals surface area contributed by atoms with Crippen molar-refractivity contribution in [3.8, 4) is 0 Å². The molecule has 1 rings (SSSR count). The molecule has 0 N–H and O–H groups in total. The van der Waals surface area contributed by atoms with Gasteiger partial charge in [-0.1, -0.05) is 6.92 Å². The molecule has 0 saturated carbocycles. The molecule has 0 aliphatic carbocycles. The second-order valence-corrected chi connectivity index (χ2v) is 5.12. The van der Waals surface area contributed by atoms with Crippen molar-refractivity contribution in [2.24, 2.45) is 0 Å². The van der Waals surface area contributed by atoms with Gasteiger partial charge in [0.1, 0.15) is 13.2 Å². The third-order valence-electron chi connectivity index (χ3n) is 1.64. The fourth-order valence-corrected chi connectivity index (χ4v) is 1.93. The smallest absolute Gasteiger partial charge is 0.231 e. The van der Waals surface area contributed by atoms with E-state index in [9.17, 15) is 0 Å². The Kier molecular flexibility index (Phi) is 4.48. The van der Waals surface area contributed by atoms with E-state index in [-0.39, 0.29) is 4.75 Å². The minimum absolute atomic E-state index is 0.168. The lowest BCUT2D eigenvalue weighted by atomic mass is 10.2. The molecule has 0 atom stereocenters. The highest BCUT2D eigenvalue weighted by molar-refractivity contribution is 8.00. The number of thioether (sulfide) groups is 1. The predicted octanol–water partition coefficient (Wildman–Crippen LogP) is 1.75. The maximum Gasteiger partial charge on any atom is 0.238 e. The van der Waals surface area contributed by atoms with Crippen LogP contribution in [0.4, 0.5) is 0 Å². The first-order valence-electron chi connectivity index (χ1n) is 4.37. The van der Waals surface area contributed by atoms with Crippen LogP contribution in [0.25, 0.3) is 0 Å². The van der Waals surface area contributed by atoms with E-state index >= 15 is 0 Å². The van der Waals surface area contributed by atoms with E-state index in [1.54, 1.807) is 11.8 Å². The summed E-state index contributed by atoms with van der Waals surface area (Å²) >= 11 is 1.74. The minimum Gasteiger partial charge on any atom is -0.231 e. The monoisotopic (exact) mass is 208 g/mol. The van der Waals surface area contributed by atoms with E-state index < -0.39 is 6.29 Å². The average molecular weight is 208 g/mol. The minimum atomic E-state index is -0.472. The molecule has 0 amide bonds. The van der Waals surface area contributed by atoms with Gasteiger partial charge in [0, 0.05) is 0 Å². The number of hydrogen-bond donors (Lipinski definition) is 0. The van der Waals surface area contributed by atoms with Gasteiger partial charge < -0.3 is 0 Å². The van der Waals surface area contributed by atoms with Crippen molar-refractivity contribution in [1.82, 2.24) is 0 Å². The molecule has 0 spiro atoms. The fraction of sp³-hybridized carbons (Fsp3) is 1.00. The molecular weight excluding hydrogens is 192 g/mol. The van der Waals surface area contributed by atoms with Crippen LogP contribution < -0.4 is 0 Å². The first-order valence-corrected chi connectivity index (χ1v) is 5.36. The molecule has 1 heterocycles. The van der Waals surface area contributed by atoms with Crippen molar-refractivity contribution < 1.29 is 19.6 Å². The number of hydrogen-bond acceptors (Lipinski definition) is 5. The van der Waals surface area contributed by atoms with E-state index in [1.807, 2.05) is 13.8 Å². The molecular formula is C8H16O4S. The standard InChI is InChI=1S/C8H16O4S/c1-4-13-8(2,3)7-11-9-5-6-10-12-7/h7H,4-6H2,1-3H3. The molecule has 0 aromatic carbocycles. The zero-order valence-corrected chi connectivity index (χ0v) is 9.06. The topological polar surface area (TPSA) is 36.9 Å². The quantitative estimate of drug-likeness (QED) is 0.660. The van der Waals surface area contributed by atoms with E-state index in [0.717, 1.165) is 5.75 Å². The van der Waals surface area contributed by atoms with Crippen LogP contribution in [0.3, 0.4) is 0 Å². The average Bonchev–Trinajstić information content (AvgIpc) is 2.31. The predicted molar refractivity (Wildman–Crippen MR) is 50.1 cm³/mol. The van der Waals surface area contributed by atoms with Crippen molar-refractivity contribution in [2.75, 3.05) is 19.0 Å². The van der Waals surface area contributed by atoms with Gasteiger partial charge in [-0.2, -0.15) is 21.5 Å². The Bertz CT molecular complexity index is 143. The molecule has 0 aromatic rings. The summed E-state index contributed by atoms with van der Waals surface area (Å²) in [6.45, 7) is 6.96. The van der Waals surface area contributed by atoms with Gasteiger partial charge in [-0.05, 0) is 19.6 Å². The van der Waals surface area contributed by atoms with Crippen LogP contribution in [0.15, 0.2) is 0 Å². The van der Waals surface area contributed by atoms with E-state index in [1.165, 1.54) is 0 Å². The van der Waals surface area contributed by atoms with Crippen LogP contribution in [-0.2, 0) is 19.6 Å². The Balaban J connectivity index is 2.46. The highest BCUT2D eigenvalue weighted by Gasteiger charge is 2.34. The van der Waals surface area contributed by atoms with Crippen LogP contribution in [-0.4, -0.2) is 30.0 Å². The molecule has 78 valence electrons. The molecule has 0 aromatic heterocycles. The molecule has 5 heteroatoms. The zero-order valence-electron chi connectivity index (χ0n) is 8.24. The Labute approximate surface area is 82.7 Å². The summed E-state index contributed by atoms with van der Waals surface area (Å²) in [7, 11) is 0. The summed E-state index contributed by atoms with van der Waals surface area (Å²) in [6, 6.07) is 0. The molecule has 1 fully saturated rings. The molecule has 0 unspecified atom stereocenters. The molecule has 13 heavy (non-hydrogen) atoms. The van der Waals surface area contributed by atoms with Crippen LogP contribution >= 0.6 is 11.8 Å². The van der Waals surface area contributed by atoms with Crippen molar-refractivity contribution in [2.45, 2.75) is 31.8 Å². The summed E-state index contributed by atoms with van der Waals surface area (Å²) in [5.74, 6) is 0.996. The van der Waals surface area contributed by atoms with Crippen LogP contribution in [0, 0.1) is 0 Å². The molecule has 4 nitrogen and oxygen atoms in total. The highest BCUT2D eigenvalue weighted by Crippen LogP contribution is 2.31. The molecule has 0 radical (unpaired) electrons. The fourth-order valence-electron chi connectivity index (χ4n) is 0.976. The summed E-state index contributed by atoms with van der Waals surface area (Å²) in [5, 5.41) is 0. The lowest BCUT2D eigenvalue weighted by molar-refractivity contribution is -0.429. The Morgan fingerprint density at radius 1 is 1.23 bits per heavy atom. The maximum absolute atomic E-state index is 5.05. The van der Waals surface area contributed by atoms with E-state index in [4.69, 9.17) is 19.6 Å². The third-order valence-corrected chi connectivity index (χ3v) is 2.87. The molecule has 1 saturated heterocycles. The lowest BCUT2D eigenvalue weighted by Crippen LogP contribution is -2.37. The highest BCUT2D eigenvalue weighted by atomic mass is 32.2. The van der Waals surface area contributed by atoms with Gasteiger partial charge >= 0.3 is 0 Å². The van der Waals surface area contributed by atoms with E-state index in [0.29, 0.717) is 13.2 Å². The summed E-state index contributed by atoms with van der Waals surface area (Å²) in [5.41, 5.74) is 0. The first-order chi connectivity index (χ1) is 6.17. The lowest BCUT2D eigenvalue weighted by Gasteiger charge is -2.28. The van der Waals surface area contributed by atoms with Gasteiger partial charge in [0.15, 0.2) is 0 Å². The van der Waals surface area contributed by atoms with Crippen molar-refractivity contribution in [1.29, 1.82) is 0 Å². The summed E-state index contributed by atoms with van der Waals surface area (Å²) in [6.07, 6.45) is -0.472. The third kappa shape index (κ3) is 3.44. The normalized spacial score (nSPS) is 21.5. The number of rotatable bonds is 3. The van der Waals surface area contributed by atoms with Gasteiger partial charge in [0.05, 0.1) is 4.75 Å². The Morgan fingerprint density at radius 2 is 1.77 bits per heavy atom. The molecule has 1 aliphatic heterocycles. The zero-order chi connectivity index (χ0) is 9.73. The van der Waals surface area contributed by atoms with Crippen LogP contribution in [0.5, 0.6) is 0 Å². The Hall–Kier alpha value is 0.190. The summed E-state index contributed by atoms with van der Waals surface area (Å²) < 4.78 is -0.168. The Morgan fingerprint density at radius 3 is 2.23 bits per heavy atom. The maximum atomic E-state index is 5.05. The van der Waals surface area contributed by atoms with Crippen molar-refractivity contribution >= 4 is 11.8 Å². The summed E-state index contributed by atoms with van der Waals surface area (Å²) in [4.78, 5) is 19.9. The largest absolute Gasteiger partial charge is 0.238 e. The van der Waals surface area contributed by atoms with Gasteiger partial charge in [0.2, 0.25) is 6.29 Å². The van der Waals surface area contributed by atoms with Gasteiger partial charge in [-0.3, -0.25) is 0 Å². The first kappa shape index (κ1) is 11.3. The molecule has 0 bridgehead atoms. The van der Waals surface area contributed by atoms with Gasteiger partial charge in [-0.15, -0.1) is 0 Å². The van der Waals surface area contributed by atoms with Gasteiger partial charge in [0.25, 0.3) is 0 Å². The van der Waals surface area contributed by atoms with Gasteiger partial charge in [-0.25, -0.2) is 9.78 Å². The molecule has 1 aliphatic rings. The van der Waals surface area contributed by atoms with Crippen LogP contribution in [0.1, 0.15) is 20.8 Å². The van der Waals surface area contributed by atoms with Crippen LogP contribution in [0.2, 0.25) is 0 Å². The van der Waals surface area contributed by atoms with Crippen molar-refractivity contribution in [3.63, 3.8) is 0 Å². The SMILES string of the molecule is CCSC(C)(C)C1OOCCOO1.